The van der Waals surface area contributed by atoms with Crippen molar-refractivity contribution in [2.75, 3.05) is 0 Å². The lowest BCUT2D eigenvalue weighted by atomic mass is 10.2. The van der Waals surface area contributed by atoms with Gasteiger partial charge in [-0.05, 0) is 12.1 Å². The van der Waals surface area contributed by atoms with Crippen LogP contribution in [0.25, 0.3) is 0 Å². The number of carbonyl (C=O) groups is 1. The lowest BCUT2D eigenvalue weighted by Crippen LogP contribution is -2.03. The summed E-state index contributed by atoms with van der Waals surface area (Å²) in [6.45, 7) is 0.332. The minimum absolute atomic E-state index is 0.332. The first-order valence-electron chi connectivity index (χ1n) is 4.80. The highest BCUT2D eigenvalue weighted by Gasteiger charge is 2.02. The zero-order chi connectivity index (χ0) is 11.4. The van der Waals surface area contributed by atoms with Gasteiger partial charge in [0.1, 0.15) is 25.0 Å². The molecular formula is C11H11N3O2. The third-order valence-corrected chi connectivity index (χ3v) is 2.17. The first kappa shape index (κ1) is 10.4. The Labute approximate surface area is 92.7 Å². The van der Waals surface area contributed by atoms with E-state index >= 15 is 0 Å². The highest BCUT2D eigenvalue weighted by atomic mass is 16.5. The summed E-state index contributed by atoms with van der Waals surface area (Å²) in [5.74, 6) is 1.38. The predicted octanol–water partition coefficient (Wildman–Crippen LogP) is 1.21. The summed E-state index contributed by atoms with van der Waals surface area (Å²) < 4.78 is 7.27. The van der Waals surface area contributed by atoms with Gasteiger partial charge in [-0.2, -0.15) is 0 Å². The Bertz CT molecular complexity index is 493. The number of hydrogen-bond acceptors (Lipinski definition) is 4. The SMILES string of the molecule is Cn1cnnc1COc1cccc(C=O)c1. The van der Waals surface area contributed by atoms with Crippen LogP contribution < -0.4 is 4.74 Å². The van der Waals surface area contributed by atoms with Crippen LogP contribution in [-0.4, -0.2) is 21.1 Å². The van der Waals surface area contributed by atoms with Gasteiger partial charge in [0.05, 0.1) is 0 Å². The first-order chi connectivity index (χ1) is 7.79. The van der Waals surface area contributed by atoms with Gasteiger partial charge in [0.2, 0.25) is 0 Å². The molecule has 5 nitrogen and oxygen atoms in total. The molecule has 1 aromatic heterocycles. The van der Waals surface area contributed by atoms with Gasteiger partial charge in [-0.25, -0.2) is 0 Å². The number of aromatic nitrogens is 3. The number of carbonyl (C=O) groups excluding carboxylic acids is 1. The van der Waals surface area contributed by atoms with Crippen LogP contribution in [0.5, 0.6) is 5.75 Å². The average Bonchev–Trinajstić information content (AvgIpc) is 2.72. The van der Waals surface area contributed by atoms with E-state index in [1.165, 1.54) is 0 Å². The van der Waals surface area contributed by atoms with E-state index < -0.39 is 0 Å². The number of aryl methyl sites for hydroxylation is 1. The smallest absolute Gasteiger partial charge is 0.170 e. The van der Waals surface area contributed by atoms with E-state index in [1.807, 2.05) is 7.05 Å². The molecule has 2 rings (SSSR count). The van der Waals surface area contributed by atoms with Gasteiger partial charge >= 0.3 is 0 Å². The molecule has 0 bridgehead atoms. The number of nitrogens with zero attached hydrogens (tertiary/aromatic N) is 3. The molecule has 0 radical (unpaired) electrons. The van der Waals surface area contributed by atoms with Crippen LogP contribution >= 0.6 is 0 Å². The zero-order valence-electron chi connectivity index (χ0n) is 8.83. The minimum Gasteiger partial charge on any atom is -0.486 e. The van der Waals surface area contributed by atoms with Crippen molar-refractivity contribution < 1.29 is 9.53 Å². The van der Waals surface area contributed by atoms with Crippen LogP contribution in [0.3, 0.4) is 0 Å². The molecule has 0 aliphatic heterocycles. The van der Waals surface area contributed by atoms with Gasteiger partial charge in [-0.3, -0.25) is 4.79 Å². The molecule has 0 amide bonds. The maximum atomic E-state index is 10.6. The Morgan fingerprint density at radius 2 is 2.38 bits per heavy atom. The van der Waals surface area contributed by atoms with Crippen molar-refractivity contribution in [3.63, 3.8) is 0 Å². The number of aldehydes is 1. The molecule has 2 aromatic rings. The van der Waals surface area contributed by atoms with Crippen molar-refractivity contribution in [2.24, 2.45) is 7.05 Å². The maximum Gasteiger partial charge on any atom is 0.170 e. The Kier molecular flexibility index (Phi) is 2.95. The van der Waals surface area contributed by atoms with E-state index in [4.69, 9.17) is 4.74 Å². The second-order valence-corrected chi connectivity index (χ2v) is 3.34. The molecular weight excluding hydrogens is 206 g/mol. The summed E-state index contributed by atoms with van der Waals surface area (Å²) >= 11 is 0. The largest absolute Gasteiger partial charge is 0.486 e. The zero-order valence-corrected chi connectivity index (χ0v) is 8.83. The fraction of sp³-hybridized carbons (Fsp3) is 0.182. The Hall–Kier alpha value is -2.17. The van der Waals surface area contributed by atoms with Gasteiger partial charge in [-0.15, -0.1) is 10.2 Å². The quantitative estimate of drug-likeness (QED) is 0.722. The Balaban J connectivity index is 2.04. The first-order valence-corrected chi connectivity index (χ1v) is 4.80. The molecule has 1 heterocycles. The molecule has 5 heteroatoms. The topological polar surface area (TPSA) is 57.0 Å². The molecule has 0 N–H and O–H groups in total. The van der Waals surface area contributed by atoms with Crippen molar-refractivity contribution in [3.8, 4) is 5.75 Å². The van der Waals surface area contributed by atoms with Crippen molar-refractivity contribution in [1.29, 1.82) is 0 Å². The van der Waals surface area contributed by atoms with E-state index in [-0.39, 0.29) is 0 Å². The third-order valence-electron chi connectivity index (χ3n) is 2.17. The second kappa shape index (κ2) is 4.57. The molecule has 0 spiro atoms. The van der Waals surface area contributed by atoms with Crippen LogP contribution in [0.4, 0.5) is 0 Å². The molecule has 0 aliphatic rings. The van der Waals surface area contributed by atoms with Gasteiger partial charge in [0.25, 0.3) is 0 Å². The Morgan fingerprint density at radius 1 is 1.50 bits per heavy atom. The van der Waals surface area contributed by atoms with Crippen LogP contribution in [0, 0.1) is 0 Å². The lowest BCUT2D eigenvalue weighted by molar-refractivity contribution is 0.112. The molecule has 0 fully saturated rings. The van der Waals surface area contributed by atoms with Crippen LogP contribution in [0.15, 0.2) is 30.6 Å². The summed E-state index contributed by atoms with van der Waals surface area (Å²) in [4.78, 5) is 10.6. The van der Waals surface area contributed by atoms with Gasteiger partial charge in [0.15, 0.2) is 5.82 Å². The van der Waals surface area contributed by atoms with E-state index in [1.54, 1.807) is 35.2 Å². The molecule has 0 aliphatic carbocycles. The molecule has 82 valence electrons. The van der Waals surface area contributed by atoms with Crippen molar-refractivity contribution in [3.05, 3.63) is 42.0 Å². The summed E-state index contributed by atoms with van der Waals surface area (Å²) in [5, 5.41) is 7.64. The Morgan fingerprint density at radius 3 is 3.06 bits per heavy atom. The fourth-order valence-electron chi connectivity index (χ4n) is 1.26. The molecule has 16 heavy (non-hydrogen) atoms. The molecule has 0 saturated carbocycles. The van der Waals surface area contributed by atoms with Gasteiger partial charge in [-0.1, -0.05) is 12.1 Å². The standard InChI is InChI=1S/C11H11N3O2/c1-14-8-12-13-11(14)7-16-10-4-2-3-9(5-10)6-15/h2-6,8H,7H2,1H3. The maximum absolute atomic E-state index is 10.6. The van der Waals surface area contributed by atoms with Gasteiger partial charge in [0, 0.05) is 12.6 Å². The van der Waals surface area contributed by atoms with E-state index in [9.17, 15) is 4.79 Å². The van der Waals surface area contributed by atoms with Crippen molar-refractivity contribution >= 4 is 6.29 Å². The number of hydrogen-bond donors (Lipinski definition) is 0. The number of benzene rings is 1. The van der Waals surface area contributed by atoms with Crippen molar-refractivity contribution in [2.45, 2.75) is 6.61 Å². The summed E-state index contributed by atoms with van der Waals surface area (Å²) in [6, 6.07) is 6.98. The van der Waals surface area contributed by atoms with Crippen molar-refractivity contribution in [1.82, 2.24) is 14.8 Å². The van der Waals surface area contributed by atoms with E-state index in [0.29, 0.717) is 17.9 Å². The fourth-order valence-corrected chi connectivity index (χ4v) is 1.26. The van der Waals surface area contributed by atoms with Crippen LogP contribution in [-0.2, 0) is 13.7 Å². The van der Waals surface area contributed by atoms with Gasteiger partial charge < -0.3 is 9.30 Å². The lowest BCUT2D eigenvalue weighted by Gasteiger charge is -2.05. The molecule has 0 saturated heterocycles. The third kappa shape index (κ3) is 2.25. The predicted molar refractivity (Wildman–Crippen MR) is 57.2 cm³/mol. The highest BCUT2D eigenvalue weighted by Crippen LogP contribution is 2.13. The average molecular weight is 217 g/mol. The molecule has 0 atom stereocenters. The van der Waals surface area contributed by atoms with Crippen LogP contribution in [0.2, 0.25) is 0 Å². The summed E-state index contributed by atoms with van der Waals surface area (Å²) in [7, 11) is 1.85. The van der Waals surface area contributed by atoms with E-state index in [0.717, 1.165) is 12.1 Å². The minimum atomic E-state index is 0.332. The summed E-state index contributed by atoms with van der Waals surface area (Å²) in [6.07, 6.45) is 2.40. The number of rotatable bonds is 4. The van der Waals surface area contributed by atoms with E-state index in [2.05, 4.69) is 10.2 Å². The second-order valence-electron chi connectivity index (χ2n) is 3.34. The molecule has 1 aromatic carbocycles. The van der Waals surface area contributed by atoms with Crippen LogP contribution in [0.1, 0.15) is 16.2 Å². The molecule has 0 unspecified atom stereocenters. The normalized spacial score (nSPS) is 10.1. The summed E-state index contributed by atoms with van der Waals surface area (Å²) in [5.41, 5.74) is 0.593. The monoisotopic (exact) mass is 217 g/mol. The number of ether oxygens (including phenoxy) is 1. The highest BCUT2D eigenvalue weighted by molar-refractivity contribution is 5.75.